The normalized spacial score (nSPS) is 12.4. The largest absolute Gasteiger partial charge is 0.386 e. The molecule has 3 rings (SSSR count). The highest BCUT2D eigenvalue weighted by Gasteiger charge is 2.20. The highest BCUT2D eigenvalue weighted by molar-refractivity contribution is 7.26. The summed E-state index contributed by atoms with van der Waals surface area (Å²) in [6.45, 7) is 3.68. The summed E-state index contributed by atoms with van der Waals surface area (Å²) in [5.74, 6) is 0. The Hall–Kier alpha value is -1.38. The van der Waals surface area contributed by atoms with Crippen LogP contribution in [0.25, 0.3) is 20.2 Å². The number of benzene rings is 2. The molecule has 0 amide bonds. The van der Waals surface area contributed by atoms with Gasteiger partial charge in [-0.25, -0.2) is 0 Å². The topological polar surface area (TPSA) is 20.2 Å². The number of hydrogen-bond donors (Lipinski definition) is 1. The first-order valence-electron chi connectivity index (χ1n) is 5.70. The van der Waals surface area contributed by atoms with Crippen LogP contribution in [0.3, 0.4) is 0 Å². The molecule has 1 heterocycles. The quantitative estimate of drug-likeness (QED) is 0.675. The van der Waals surface area contributed by atoms with Gasteiger partial charge in [0.1, 0.15) is 0 Å². The second kappa shape index (κ2) is 3.56. The van der Waals surface area contributed by atoms with E-state index >= 15 is 0 Å². The molecular weight excluding hydrogens is 228 g/mol. The van der Waals surface area contributed by atoms with E-state index in [1.165, 1.54) is 20.2 Å². The van der Waals surface area contributed by atoms with Crippen LogP contribution in [0.1, 0.15) is 19.4 Å². The van der Waals surface area contributed by atoms with Crippen LogP contribution >= 0.6 is 11.3 Å². The lowest BCUT2D eigenvalue weighted by Crippen LogP contribution is -2.15. The molecule has 0 fully saturated rings. The van der Waals surface area contributed by atoms with Crippen LogP contribution in [0, 0.1) is 0 Å². The number of rotatable bonds is 1. The predicted molar refractivity (Wildman–Crippen MR) is 74.6 cm³/mol. The van der Waals surface area contributed by atoms with E-state index in [-0.39, 0.29) is 0 Å². The lowest BCUT2D eigenvalue weighted by molar-refractivity contribution is 0.0804. The molecule has 0 aliphatic rings. The summed E-state index contributed by atoms with van der Waals surface area (Å²) in [6.07, 6.45) is 0. The van der Waals surface area contributed by atoms with Gasteiger partial charge in [-0.2, -0.15) is 0 Å². The average Bonchev–Trinajstić information content (AvgIpc) is 2.65. The highest BCUT2D eigenvalue weighted by Crippen LogP contribution is 2.38. The molecule has 2 heteroatoms. The van der Waals surface area contributed by atoms with Gasteiger partial charge in [0.2, 0.25) is 0 Å². The SMILES string of the molecule is CC(C)(O)c1cccc2c1sc1ccccc12. The molecule has 0 bridgehead atoms. The first-order valence-corrected chi connectivity index (χ1v) is 6.52. The van der Waals surface area contributed by atoms with Gasteiger partial charge in [-0.3, -0.25) is 0 Å². The zero-order chi connectivity index (χ0) is 12.0. The molecule has 0 aliphatic carbocycles. The Morgan fingerprint density at radius 2 is 1.65 bits per heavy atom. The minimum absolute atomic E-state index is 0.791. The molecule has 17 heavy (non-hydrogen) atoms. The van der Waals surface area contributed by atoms with Crippen LogP contribution < -0.4 is 0 Å². The zero-order valence-corrected chi connectivity index (χ0v) is 10.7. The van der Waals surface area contributed by atoms with Crippen molar-refractivity contribution in [3.63, 3.8) is 0 Å². The van der Waals surface area contributed by atoms with Gasteiger partial charge >= 0.3 is 0 Å². The Morgan fingerprint density at radius 3 is 2.41 bits per heavy atom. The van der Waals surface area contributed by atoms with Gasteiger partial charge in [0.15, 0.2) is 0 Å². The smallest absolute Gasteiger partial charge is 0.0854 e. The van der Waals surface area contributed by atoms with Crippen molar-refractivity contribution < 1.29 is 5.11 Å². The van der Waals surface area contributed by atoms with Crippen LogP contribution in [-0.2, 0) is 5.60 Å². The monoisotopic (exact) mass is 242 g/mol. The lowest BCUT2D eigenvalue weighted by Gasteiger charge is -2.18. The fraction of sp³-hybridized carbons (Fsp3) is 0.200. The van der Waals surface area contributed by atoms with Crippen molar-refractivity contribution in [1.29, 1.82) is 0 Å². The van der Waals surface area contributed by atoms with Crippen LogP contribution in [0.15, 0.2) is 42.5 Å². The summed E-state index contributed by atoms with van der Waals surface area (Å²) in [5, 5.41) is 12.7. The summed E-state index contributed by atoms with van der Waals surface area (Å²) < 4.78 is 2.47. The molecule has 1 N–H and O–H groups in total. The fourth-order valence-corrected chi connectivity index (χ4v) is 3.60. The Morgan fingerprint density at radius 1 is 0.941 bits per heavy atom. The van der Waals surface area contributed by atoms with Gasteiger partial charge in [0.25, 0.3) is 0 Å². The van der Waals surface area contributed by atoms with Gasteiger partial charge in [0.05, 0.1) is 5.60 Å². The van der Waals surface area contributed by atoms with Crippen LogP contribution in [0.5, 0.6) is 0 Å². The van der Waals surface area contributed by atoms with Crippen molar-refractivity contribution in [3.8, 4) is 0 Å². The molecule has 2 aromatic carbocycles. The van der Waals surface area contributed by atoms with Gasteiger partial charge < -0.3 is 5.11 Å². The Labute approximate surface area is 104 Å². The van der Waals surface area contributed by atoms with Crippen LogP contribution in [0.4, 0.5) is 0 Å². The maximum atomic E-state index is 10.2. The van der Waals surface area contributed by atoms with E-state index in [4.69, 9.17) is 0 Å². The summed E-state index contributed by atoms with van der Waals surface area (Å²) in [7, 11) is 0. The second-order valence-electron chi connectivity index (χ2n) is 4.84. The van der Waals surface area contributed by atoms with Gasteiger partial charge in [-0.15, -0.1) is 11.3 Å². The van der Waals surface area contributed by atoms with Crippen molar-refractivity contribution in [1.82, 2.24) is 0 Å². The minimum atomic E-state index is -0.791. The van der Waals surface area contributed by atoms with E-state index in [2.05, 4.69) is 30.3 Å². The molecule has 86 valence electrons. The third-order valence-electron chi connectivity index (χ3n) is 3.06. The third-order valence-corrected chi connectivity index (χ3v) is 4.28. The van der Waals surface area contributed by atoms with Crippen molar-refractivity contribution in [2.75, 3.05) is 0 Å². The van der Waals surface area contributed by atoms with E-state index in [0.717, 1.165) is 5.56 Å². The first kappa shape index (κ1) is 10.8. The van der Waals surface area contributed by atoms with Crippen molar-refractivity contribution >= 4 is 31.5 Å². The van der Waals surface area contributed by atoms with Crippen LogP contribution in [-0.4, -0.2) is 5.11 Å². The molecule has 1 aromatic heterocycles. The standard InChI is InChI=1S/C15H14OS/c1-15(2,16)12-8-5-7-11-10-6-3-4-9-13(10)17-14(11)12/h3-9,16H,1-2H3. The van der Waals surface area contributed by atoms with E-state index < -0.39 is 5.60 Å². The molecule has 0 aliphatic heterocycles. The summed E-state index contributed by atoms with van der Waals surface area (Å²) in [5.41, 5.74) is 0.219. The Bertz CT molecular complexity index is 689. The summed E-state index contributed by atoms with van der Waals surface area (Å²) in [6, 6.07) is 14.6. The molecule has 1 nitrogen and oxygen atoms in total. The van der Waals surface area contributed by atoms with E-state index in [1.807, 2.05) is 26.0 Å². The molecule has 3 aromatic rings. The Kier molecular flexibility index (Phi) is 2.25. The van der Waals surface area contributed by atoms with E-state index in [1.54, 1.807) is 11.3 Å². The predicted octanol–water partition coefficient (Wildman–Crippen LogP) is 4.28. The molecule has 0 atom stereocenters. The second-order valence-corrected chi connectivity index (χ2v) is 5.89. The first-order chi connectivity index (χ1) is 8.07. The number of hydrogen-bond acceptors (Lipinski definition) is 2. The number of fused-ring (bicyclic) bond motifs is 3. The zero-order valence-electron chi connectivity index (χ0n) is 9.90. The van der Waals surface area contributed by atoms with Crippen molar-refractivity contribution in [2.24, 2.45) is 0 Å². The summed E-state index contributed by atoms with van der Waals surface area (Å²) >= 11 is 1.76. The molecule has 0 radical (unpaired) electrons. The minimum Gasteiger partial charge on any atom is -0.386 e. The number of thiophene rings is 1. The third kappa shape index (κ3) is 1.65. The van der Waals surface area contributed by atoms with Crippen LogP contribution in [0.2, 0.25) is 0 Å². The maximum absolute atomic E-state index is 10.2. The molecule has 0 unspecified atom stereocenters. The van der Waals surface area contributed by atoms with Crippen molar-refractivity contribution in [3.05, 3.63) is 48.0 Å². The van der Waals surface area contributed by atoms with Gasteiger partial charge in [-0.05, 0) is 19.9 Å². The van der Waals surface area contributed by atoms with Gasteiger partial charge in [-0.1, -0.05) is 36.4 Å². The van der Waals surface area contributed by atoms with Crippen molar-refractivity contribution in [2.45, 2.75) is 19.4 Å². The molecular formula is C15H14OS. The highest BCUT2D eigenvalue weighted by atomic mass is 32.1. The fourth-order valence-electron chi connectivity index (χ4n) is 2.23. The number of aliphatic hydroxyl groups is 1. The molecule has 0 saturated carbocycles. The average molecular weight is 242 g/mol. The molecule has 0 spiro atoms. The maximum Gasteiger partial charge on any atom is 0.0854 e. The molecule has 0 saturated heterocycles. The summed E-state index contributed by atoms with van der Waals surface area (Å²) in [4.78, 5) is 0. The Balaban J connectivity index is 2.48. The van der Waals surface area contributed by atoms with Gasteiger partial charge in [0, 0.05) is 25.7 Å². The van der Waals surface area contributed by atoms with E-state index in [0.29, 0.717) is 0 Å². The lowest BCUT2D eigenvalue weighted by atomic mass is 9.96. The van der Waals surface area contributed by atoms with E-state index in [9.17, 15) is 5.11 Å².